The van der Waals surface area contributed by atoms with E-state index in [1.807, 2.05) is 19.9 Å². The highest BCUT2D eigenvalue weighted by Gasteiger charge is 2.16. The molecule has 0 fully saturated rings. The highest BCUT2D eigenvalue weighted by Crippen LogP contribution is 2.17. The van der Waals surface area contributed by atoms with Crippen LogP contribution in [-0.2, 0) is 11.2 Å². The van der Waals surface area contributed by atoms with Crippen molar-refractivity contribution < 1.29 is 9.26 Å². The van der Waals surface area contributed by atoms with Crippen molar-refractivity contribution in [3.8, 4) is 6.07 Å². The summed E-state index contributed by atoms with van der Waals surface area (Å²) in [5.74, 6) is 0.875. The third-order valence-electron chi connectivity index (χ3n) is 1.74. The van der Waals surface area contributed by atoms with Crippen LogP contribution in [0.25, 0.3) is 0 Å². The maximum absolute atomic E-state index is 8.42. The maximum atomic E-state index is 8.42. The first kappa shape index (κ1) is 10.7. The SMILES string of the molecule is CCOC(CC)c1noc(CC#N)n1. The fraction of sp³-hybridized carbons (Fsp3) is 0.667. The van der Waals surface area contributed by atoms with Gasteiger partial charge >= 0.3 is 0 Å². The molecule has 0 amide bonds. The van der Waals surface area contributed by atoms with Crippen LogP contribution in [-0.4, -0.2) is 16.7 Å². The second-order valence-electron chi connectivity index (χ2n) is 2.73. The van der Waals surface area contributed by atoms with Gasteiger partial charge in [-0.05, 0) is 13.3 Å². The molecule has 0 aromatic carbocycles. The Labute approximate surface area is 82.7 Å². The average Bonchev–Trinajstić information content (AvgIpc) is 2.63. The minimum Gasteiger partial charge on any atom is -0.370 e. The summed E-state index contributed by atoms with van der Waals surface area (Å²) in [6, 6.07) is 1.95. The number of hydrogen-bond acceptors (Lipinski definition) is 5. The maximum Gasteiger partial charge on any atom is 0.240 e. The molecule has 1 aromatic rings. The van der Waals surface area contributed by atoms with E-state index in [0.717, 1.165) is 6.42 Å². The molecular formula is C9H13N3O2. The Hall–Kier alpha value is -1.41. The number of ether oxygens (including phenoxy) is 1. The summed E-state index contributed by atoms with van der Waals surface area (Å²) in [5, 5.41) is 12.2. The molecule has 1 aromatic heterocycles. The van der Waals surface area contributed by atoms with Crippen molar-refractivity contribution in [1.82, 2.24) is 10.1 Å². The van der Waals surface area contributed by atoms with Gasteiger partial charge in [0.1, 0.15) is 12.5 Å². The van der Waals surface area contributed by atoms with Crippen molar-refractivity contribution in [1.29, 1.82) is 5.26 Å². The molecule has 0 aliphatic rings. The first-order chi connectivity index (χ1) is 6.81. The molecule has 1 atom stereocenters. The van der Waals surface area contributed by atoms with Crippen molar-refractivity contribution in [2.75, 3.05) is 6.61 Å². The second-order valence-corrected chi connectivity index (χ2v) is 2.73. The van der Waals surface area contributed by atoms with Crippen LogP contribution in [0.2, 0.25) is 0 Å². The standard InChI is InChI=1S/C9H13N3O2/c1-3-7(13-4-2)9-11-8(5-6-10)14-12-9/h7H,3-5H2,1-2H3. The van der Waals surface area contributed by atoms with E-state index in [4.69, 9.17) is 14.5 Å². The van der Waals surface area contributed by atoms with Crippen molar-refractivity contribution in [3.05, 3.63) is 11.7 Å². The quantitative estimate of drug-likeness (QED) is 0.713. The Morgan fingerprint density at radius 2 is 2.36 bits per heavy atom. The number of rotatable bonds is 5. The average molecular weight is 195 g/mol. The molecule has 0 radical (unpaired) electrons. The Morgan fingerprint density at radius 1 is 1.57 bits per heavy atom. The molecule has 14 heavy (non-hydrogen) atoms. The zero-order chi connectivity index (χ0) is 10.4. The fourth-order valence-corrected chi connectivity index (χ4v) is 1.11. The molecule has 0 N–H and O–H groups in total. The van der Waals surface area contributed by atoms with Gasteiger partial charge in [0.05, 0.1) is 6.07 Å². The van der Waals surface area contributed by atoms with Gasteiger partial charge in [-0.25, -0.2) is 0 Å². The topological polar surface area (TPSA) is 71.9 Å². The fourth-order valence-electron chi connectivity index (χ4n) is 1.11. The summed E-state index contributed by atoms with van der Waals surface area (Å²) in [6.45, 7) is 4.51. The first-order valence-corrected chi connectivity index (χ1v) is 4.62. The molecule has 76 valence electrons. The normalized spacial score (nSPS) is 12.4. The number of aromatic nitrogens is 2. The van der Waals surface area contributed by atoms with E-state index in [1.54, 1.807) is 0 Å². The van der Waals surface area contributed by atoms with Gasteiger partial charge < -0.3 is 9.26 Å². The van der Waals surface area contributed by atoms with Gasteiger partial charge in [-0.2, -0.15) is 10.2 Å². The monoisotopic (exact) mass is 195 g/mol. The largest absolute Gasteiger partial charge is 0.370 e. The van der Waals surface area contributed by atoms with Crippen LogP contribution in [0, 0.1) is 11.3 Å². The molecule has 0 aliphatic carbocycles. The summed E-state index contributed by atoms with van der Waals surface area (Å²) in [4.78, 5) is 4.06. The van der Waals surface area contributed by atoms with Gasteiger partial charge in [0.2, 0.25) is 11.7 Å². The summed E-state index contributed by atoms with van der Waals surface area (Å²) in [6.07, 6.45) is 0.811. The zero-order valence-electron chi connectivity index (χ0n) is 8.36. The Kier molecular flexibility index (Phi) is 4.08. The summed E-state index contributed by atoms with van der Waals surface area (Å²) >= 11 is 0. The van der Waals surface area contributed by atoms with E-state index in [1.165, 1.54) is 0 Å². The highest BCUT2D eigenvalue weighted by atomic mass is 16.5. The molecule has 5 heteroatoms. The van der Waals surface area contributed by atoms with Crippen LogP contribution in [0.3, 0.4) is 0 Å². The van der Waals surface area contributed by atoms with Crippen LogP contribution >= 0.6 is 0 Å². The molecule has 0 saturated heterocycles. The van der Waals surface area contributed by atoms with E-state index in [-0.39, 0.29) is 12.5 Å². The van der Waals surface area contributed by atoms with Crippen LogP contribution in [0.5, 0.6) is 0 Å². The van der Waals surface area contributed by atoms with Gasteiger partial charge in [-0.3, -0.25) is 0 Å². The lowest BCUT2D eigenvalue weighted by molar-refractivity contribution is 0.0518. The summed E-state index contributed by atoms with van der Waals surface area (Å²) < 4.78 is 10.3. The van der Waals surface area contributed by atoms with Crippen molar-refractivity contribution in [2.45, 2.75) is 32.8 Å². The lowest BCUT2D eigenvalue weighted by atomic mass is 10.2. The molecule has 1 rings (SSSR count). The first-order valence-electron chi connectivity index (χ1n) is 4.62. The summed E-state index contributed by atoms with van der Waals surface area (Å²) in [7, 11) is 0. The molecule has 1 heterocycles. The lowest BCUT2D eigenvalue weighted by Gasteiger charge is -2.09. The Bertz CT molecular complexity index is 316. The van der Waals surface area contributed by atoms with Gasteiger partial charge in [0.15, 0.2) is 0 Å². The van der Waals surface area contributed by atoms with Gasteiger partial charge in [0, 0.05) is 6.61 Å². The van der Waals surface area contributed by atoms with E-state index in [0.29, 0.717) is 18.3 Å². The van der Waals surface area contributed by atoms with Crippen LogP contribution in [0.1, 0.15) is 38.1 Å². The number of nitrogens with zero attached hydrogens (tertiary/aromatic N) is 3. The van der Waals surface area contributed by atoms with Crippen LogP contribution < -0.4 is 0 Å². The third kappa shape index (κ3) is 2.54. The van der Waals surface area contributed by atoms with E-state index >= 15 is 0 Å². The van der Waals surface area contributed by atoms with E-state index in [2.05, 4.69) is 10.1 Å². The van der Waals surface area contributed by atoms with Crippen molar-refractivity contribution >= 4 is 0 Å². The molecule has 1 unspecified atom stereocenters. The predicted molar refractivity (Wildman–Crippen MR) is 48.3 cm³/mol. The number of hydrogen-bond donors (Lipinski definition) is 0. The minimum atomic E-state index is -0.129. The Balaban J connectivity index is 2.69. The van der Waals surface area contributed by atoms with Gasteiger partial charge in [-0.1, -0.05) is 12.1 Å². The third-order valence-corrected chi connectivity index (χ3v) is 1.74. The molecule has 0 spiro atoms. The van der Waals surface area contributed by atoms with Crippen LogP contribution in [0.4, 0.5) is 0 Å². The molecule has 0 bridgehead atoms. The highest BCUT2D eigenvalue weighted by molar-refractivity contribution is 4.95. The van der Waals surface area contributed by atoms with Gasteiger partial charge in [0.25, 0.3) is 0 Å². The molecule has 0 aliphatic heterocycles. The molecule has 0 saturated carbocycles. The zero-order valence-corrected chi connectivity index (χ0v) is 8.36. The predicted octanol–water partition coefficient (Wildman–Crippen LogP) is 1.62. The van der Waals surface area contributed by atoms with Crippen molar-refractivity contribution in [2.24, 2.45) is 0 Å². The minimum absolute atomic E-state index is 0.129. The molecule has 5 nitrogen and oxygen atoms in total. The van der Waals surface area contributed by atoms with Gasteiger partial charge in [-0.15, -0.1) is 0 Å². The number of nitriles is 1. The van der Waals surface area contributed by atoms with E-state index < -0.39 is 0 Å². The second kappa shape index (κ2) is 5.35. The summed E-state index contributed by atoms with van der Waals surface area (Å²) in [5.41, 5.74) is 0. The van der Waals surface area contributed by atoms with Crippen LogP contribution in [0.15, 0.2) is 4.52 Å². The lowest BCUT2D eigenvalue weighted by Crippen LogP contribution is -2.04. The van der Waals surface area contributed by atoms with Crippen molar-refractivity contribution in [3.63, 3.8) is 0 Å². The smallest absolute Gasteiger partial charge is 0.240 e. The Morgan fingerprint density at radius 3 is 2.93 bits per heavy atom. The van der Waals surface area contributed by atoms with E-state index in [9.17, 15) is 0 Å². The molecular weight excluding hydrogens is 182 g/mol.